The van der Waals surface area contributed by atoms with Crippen LogP contribution in [0.15, 0.2) is 85.1 Å². The van der Waals surface area contributed by atoms with E-state index >= 15 is 0 Å². The molecular formula is C30H25F3N2O5. The monoisotopic (exact) mass is 550 g/mol. The molecule has 1 aromatic heterocycles. The van der Waals surface area contributed by atoms with E-state index < -0.39 is 12.3 Å². The van der Waals surface area contributed by atoms with Crippen LogP contribution in [-0.4, -0.2) is 34.9 Å². The van der Waals surface area contributed by atoms with Gasteiger partial charge in [0.25, 0.3) is 5.91 Å². The van der Waals surface area contributed by atoms with E-state index in [1.54, 1.807) is 30.5 Å². The van der Waals surface area contributed by atoms with Crippen LogP contribution in [0, 0.1) is 6.92 Å². The molecule has 2 N–H and O–H groups in total. The Morgan fingerprint density at radius 1 is 0.900 bits per heavy atom. The number of pyridine rings is 1. The molecule has 0 saturated carbocycles. The van der Waals surface area contributed by atoms with Crippen LogP contribution in [0.4, 0.5) is 13.2 Å². The predicted octanol–water partition coefficient (Wildman–Crippen LogP) is 6.41. The van der Waals surface area contributed by atoms with Gasteiger partial charge < -0.3 is 19.9 Å². The number of halogens is 3. The molecule has 10 heteroatoms. The average molecular weight is 551 g/mol. The van der Waals surface area contributed by atoms with Crippen LogP contribution in [-0.2, 0) is 11.4 Å². The van der Waals surface area contributed by atoms with Crippen molar-refractivity contribution in [3.05, 3.63) is 102 Å². The topological polar surface area (TPSA) is 97.8 Å². The number of hydrogen-bond acceptors (Lipinski definition) is 5. The first-order chi connectivity index (χ1) is 19.1. The molecule has 206 valence electrons. The summed E-state index contributed by atoms with van der Waals surface area (Å²) >= 11 is 0. The molecule has 4 aromatic rings. The van der Waals surface area contributed by atoms with Crippen molar-refractivity contribution in [1.29, 1.82) is 0 Å². The van der Waals surface area contributed by atoms with Crippen LogP contribution < -0.4 is 14.8 Å². The molecule has 0 aliphatic rings. The van der Waals surface area contributed by atoms with Crippen molar-refractivity contribution in [3.63, 3.8) is 0 Å². The maximum Gasteiger partial charge on any atom is 0.573 e. The summed E-state index contributed by atoms with van der Waals surface area (Å²) in [5, 5.41) is 11.2. The molecule has 0 unspecified atom stereocenters. The minimum absolute atomic E-state index is 0.0245. The number of nitrogens with one attached hydrogen (secondary N) is 1. The fraction of sp³-hybridized carbons (Fsp3) is 0.167. The molecule has 0 spiro atoms. The summed E-state index contributed by atoms with van der Waals surface area (Å²) in [5.74, 6) is -1.21. The molecule has 0 atom stereocenters. The standard InChI is InChI=1S/C30H25F3N2O5/c1-19-2-4-20(5-3-19)26-17-35-27(21-6-12-25(13-7-21)40-30(31,32)33)16-23(26)18-39-24-10-8-22(9-11-24)29(38)34-15-14-28(36)37/h2-13,16-17H,14-15,18H2,1H3,(H,34,38)(H,36,37). The molecule has 0 saturated heterocycles. The molecule has 1 heterocycles. The van der Waals surface area contributed by atoms with Gasteiger partial charge in [0.1, 0.15) is 18.1 Å². The number of aromatic nitrogens is 1. The summed E-state index contributed by atoms with van der Waals surface area (Å²) < 4.78 is 47.5. The maximum atomic E-state index is 12.5. The SMILES string of the molecule is Cc1ccc(-c2cnc(-c3ccc(OC(F)(F)F)cc3)cc2COc2ccc(C(=O)NCCC(=O)O)cc2)cc1. The van der Waals surface area contributed by atoms with Crippen molar-refractivity contribution in [2.75, 3.05) is 6.54 Å². The van der Waals surface area contributed by atoms with E-state index in [9.17, 15) is 22.8 Å². The molecule has 0 radical (unpaired) electrons. The Morgan fingerprint density at radius 2 is 1.52 bits per heavy atom. The van der Waals surface area contributed by atoms with Gasteiger partial charge in [-0.3, -0.25) is 14.6 Å². The van der Waals surface area contributed by atoms with E-state index in [4.69, 9.17) is 9.84 Å². The molecule has 3 aromatic carbocycles. The smallest absolute Gasteiger partial charge is 0.489 e. The van der Waals surface area contributed by atoms with Gasteiger partial charge in [0.05, 0.1) is 12.1 Å². The van der Waals surface area contributed by atoms with Crippen LogP contribution >= 0.6 is 0 Å². The second-order valence-corrected chi connectivity index (χ2v) is 8.88. The summed E-state index contributed by atoms with van der Waals surface area (Å²) in [5.41, 5.74) is 5.15. The normalized spacial score (nSPS) is 11.1. The molecular weight excluding hydrogens is 525 g/mol. The third-order valence-electron chi connectivity index (χ3n) is 5.87. The fourth-order valence-electron chi connectivity index (χ4n) is 3.84. The number of carbonyl (C=O) groups excluding carboxylic acids is 1. The van der Waals surface area contributed by atoms with Crippen molar-refractivity contribution < 1.29 is 37.3 Å². The number of aryl methyl sites for hydroxylation is 1. The van der Waals surface area contributed by atoms with Crippen molar-refractivity contribution in [3.8, 4) is 33.9 Å². The lowest BCUT2D eigenvalue weighted by Gasteiger charge is -2.14. The highest BCUT2D eigenvalue weighted by Gasteiger charge is 2.31. The quantitative estimate of drug-likeness (QED) is 0.237. The predicted molar refractivity (Wildman–Crippen MR) is 142 cm³/mol. The van der Waals surface area contributed by atoms with Crippen molar-refractivity contribution >= 4 is 11.9 Å². The number of carbonyl (C=O) groups is 2. The number of amides is 1. The highest BCUT2D eigenvalue weighted by molar-refractivity contribution is 5.94. The van der Waals surface area contributed by atoms with Crippen molar-refractivity contribution in [2.45, 2.75) is 26.3 Å². The van der Waals surface area contributed by atoms with E-state index in [1.807, 2.05) is 37.3 Å². The Kier molecular flexibility index (Phi) is 8.68. The van der Waals surface area contributed by atoms with Crippen molar-refractivity contribution in [2.24, 2.45) is 0 Å². The minimum atomic E-state index is -4.78. The first-order valence-electron chi connectivity index (χ1n) is 12.2. The zero-order chi connectivity index (χ0) is 28.7. The van der Waals surface area contributed by atoms with Gasteiger partial charge in [-0.25, -0.2) is 0 Å². The first kappa shape index (κ1) is 28.2. The number of carboxylic acids is 1. The van der Waals surface area contributed by atoms with Gasteiger partial charge in [0.15, 0.2) is 0 Å². The van der Waals surface area contributed by atoms with Gasteiger partial charge in [-0.15, -0.1) is 13.2 Å². The van der Waals surface area contributed by atoms with Crippen LogP contribution in [0.1, 0.15) is 27.9 Å². The summed E-state index contributed by atoms with van der Waals surface area (Å²) in [7, 11) is 0. The van der Waals surface area contributed by atoms with Crippen molar-refractivity contribution in [1.82, 2.24) is 10.3 Å². The zero-order valence-corrected chi connectivity index (χ0v) is 21.4. The van der Waals surface area contributed by atoms with E-state index in [2.05, 4.69) is 15.0 Å². The molecule has 0 aliphatic carbocycles. The lowest BCUT2D eigenvalue weighted by Crippen LogP contribution is -2.25. The summed E-state index contributed by atoms with van der Waals surface area (Å²) in [6.45, 7) is 2.16. The van der Waals surface area contributed by atoms with E-state index in [-0.39, 0.29) is 31.2 Å². The Bertz CT molecular complexity index is 1470. The van der Waals surface area contributed by atoms with E-state index in [0.717, 1.165) is 22.3 Å². The largest absolute Gasteiger partial charge is 0.573 e. The Morgan fingerprint density at radius 3 is 2.15 bits per heavy atom. The van der Waals surface area contributed by atoms with Gasteiger partial charge in [0, 0.05) is 35.0 Å². The summed E-state index contributed by atoms with van der Waals surface area (Å²) in [6.07, 6.45) is -3.25. The Balaban J connectivity index is 1.54. The second-order valence-electron chi connectivity index (χ2n) is 8.88. The minimum Gasteiger partial charge on any atom is -0.489 e. The van der Waals surface area contributed by atoms with Crippen LogP contribution in [0.3, 0.4) is 0 Å². The molecule has 1 amide bonds. The summed E-state index contributed by atoms with van der Waals surface area (Å²) in [6, 6.07) is 21.6. The second kappa shape index (κ2) is 12.3. The highest BCUT2D eigenvalue weighted by Crippen LogP contribution is 2.30. The van der Waals surface area contributed by atoms with Gasteiger partial charge >= 0.3 is 12.3 Å². The number of alkyl halides is 3. The number of carboxylic acid groups (broad SMARTS) is 1. The van der Waals surface area contributed by atoms with Gasteiger partial charge in [0.2, 0.25) is 0 Å². The lowest BCUT2D eigenvalue weighted by atomic mass is 9.99. The van der Waals surface area contributed by atoms with Crippen LogP contribution in [0.2, 0.25) is 0 Å². The number of ether oxygens (including phenoxy) is 2. The zero-order valence-electron chi connectivity index (χ0n) is 21.4. The van der Waals surface area contributed by atoms with Crippen LogP contribution in [0.5, 0.6) is 11.5 Å². The Hall–Kier alpha value is -4.86. The third-order valence-corrected chi connectivity index (χ3v) is 5.87. The maximum absolute atomic E-state index is 12.5. The number of benzene rings is 3. The third kappa shape index (κ3) is 7.83. The van der Waals surface area contributed by atoms with Gasteiger partial charge in [-0.1, -0.05) is 29.8 Å². The molecule has 7 nitrogen and oxygen atoms in total. The first-order valence-corrected chi connectivity index (χ1v) is 12.2. The molecule has 0 aliphatic heterocycles. The number of rotatable bonds is 10. The van der Waals surface area contributed by atoms with Gasteiger partial charge in [-0.05, 0) is 67.1 Å². The number of nitrogens with zero attached hydrogens (tertiary/aromatic N) is 1. The molecule has 0 fully saturated rings. The fourth-order valence-corrected chi connectivity index (χ4v) is 3.84. The van der Waals surface area contributed by atoms with E-state index in [0.29, 0.717) is 22.6 Å². The molecule has 0 bridgehead atoms. The number of aliphatic carboxylic acids is 1. The van der Waals surface area contributed by atoms with Crippen LogP contribution in [0.25, 0.3) is 22.4 Å². The van der Waals surface area contributed by atoms with Gasteiger partial charge in [-0.2, -0.15) is 0 Å². The summed E-state index contributed by atoms with van der Waals surface area (Å²) in [4.78, 5) is 27.3. The Labute approximate surface area is 228 Å². The molecule has 4 rings (SSSR count). The average Bonchev–Trinajstić information content (AvgIpc) is 2.92. The molecule has 40 heavy (non-hydrogen) atoms. The highest BCUT2D eigenvalue weighted by atomic mass is 19.4. The van der Waals surface area contributed by atoms with E-state index in [1.165, 1.54) is 24.3 Å². The lowest BCUT2D eigenvalue weighted by molar-refractivity contribution is -0.274. The number of hydrogen-bond donors (Lipinski definition) is 2.